The van der Waals surface area contributed by atoms with E-state index in [4.69, 9.17) is 0 Å². The molecule has 1 amide bonds. The highest BCUT2D eigenvalue weighted by molar-refractivity contribution is 5.79. The van der Waals surface area contributed by atoms with E-state index >= 15 is 0 Å². The maximum Gasteiger partial charge on any atom is 0.220 e. The molecule has 1 saturated carbocycles. The maximum atomic E-state index is 11.5. The summed E-state index contributed by atoms with van der Waals surface area (Å²) in [6.45, 7) is 3.84. The number of likely N-dealkylation sites (N-methyl/N-ethyl adjacent to an activating group) is 2. The van der Waals surface area contributed by atoms with Gasteiger partial charge in [-0.05, 0) is 45.2 Å². The summed E-state index contributed by atoms with van der Waals surface area (Å²) in [5, 5.41) is 13.8. The molecule has 1 aromatic heterocycles. The number of nitrogens with zero attached hydrogens (tertiary/aromatic N) is 2. The predicted molar refractivity (Wildman–Crippen MR) is 90.1 cm³/mol. The second-order valence-electron chi connectivity index (χ2n) is 7.36. The predicted octanol–water partition coefficient (Wildman–Crippen LogP) is 1.22. The highest BCUT2D eigenvalue weighted by atomic mass is 16.1. The van der Waals surface area contributed by atoms with Crippen LogP contribution in [0.25, 0.3) is 0 Å². The molecule has 0 atom stereocenters. The average molecular weight is 319 g/mol. The van der Waals surface area contributed by atoms with Gasteiger partial charge in [0.2, 0.25) is 5.91 Å². The van der Waals surface area contributed by atoms with Crippen LogP contribution in [0.5, 0.6) is 0 Å². The Hall–Kier alpha value is -1.40. The Labute approximate surface area is 138 Å². The summed E-state index contributed by atoms with van der Waals surface area (Å²) in [6.07, 6.45) is 7.34. The van der Waals surface area contributed by atoms with E-state index in [1.165, 1.54) is 11.3 Å². The smallest absolute Gasteiger partial charge is 0.220 e. The van der Waals surface area contributed by atoms with Gasteiger partial charge in [0.15, 0.2) is 0 Å². The third kappa shape index (κ3) is 3.75. The molecule has 2 aliphatic rings. The largest absolute Gasteiger partial charge is 0.356 e. The third-order valence-electron chi connectivity index (χ3n) is 5.57. The molecule has 3 rings (SSSR count). The lowest BCUT2D eigenvalue weighted by Crippen LogP contribution is -2.30. The van der Waals surface area contributed by atoms with Crippen molar-refractivity contribution in [1.82, 2.24) is 25.7 Å². The SMILES string of the molecule is CNCCN(C)Cc1c[nH]nc1C1CCC2(CC1)CNC(=O)C2. The third-order valence-corrected chi connectivity index (χ3v) is 5.57. The fraction of sp³-hybridized carbons (Fsp3) is 0.765. The molecule has 3 N–H and O–H groups in total. The Balaban J connectivity index is 1.58. The van der Waals surface area contributed by atoms with Crippen molar-refractivity contribution in [3.8, 4) is 0 Å². The summed E-state index contributed by atoms with van der Waals surface area (Å²) in [5.41, 5.74) is 2.80. The molecule has 0 unspecified atom stereocenters. The molecule has 6 heteroatoms. The summed E-state index contributed by atoms with van der Waals surface area (Å²) in [4.78, 5) is 13.9. The Bertz CT molecular complexity index is 533. The second kappa shape index (κ2) is 7.01. The Morgan fingerprint density at radius 1 is 1.43 bits per heavy atom. The van der Waals surface area contributed by atoms with Crippen LogP contribution in [0.3, 0.4) is 0 Å². The molecule has 2 fully saturated rings. The highest BCUT2D eigenvalue weighted by Crippen LogP contribution is 2.46. The molecule has 0 radical (unpaired) electrons. The van der Waals surface area contributed by atoms with Gasteiger partial charge in [-0.15, -0.1) is 0 Å². The number of aromatic nitrogens is 2. The van der Waals surface area contributed by atoms with Gasteiger partial charge in [-0.25, -0.2) is 0 Å². The van der Waals surface area contributed by atoms with Gasteiger partial charge in [0.25, 0.3) is 0 Å². The molecular formula is C17H29N5O. The van der Waals surface area contributed by atoms with Crippen molar-refractivity contribution in [2.24, 2.45) is 5.41 Å². The quantitative estimate of drug-likeness (QED) is 0.737. The molecule has 23 heavy (non-hydrogen) atoms. The Morgan fingerprint density at radius 3 is 2.87 bits per heavy atom. The van der Waals surface area contributed by atoms with E-state index in [-0.39, 0.29) is 11.3 Å². The van der Waals surface area contributed by atoms with E-state index in [1.54, 1.807) is 0 Å². The van der Waals surface area contributed by atoms with Gasteiger partial charge in [-0.2, -0.15) is 5.10 Å². The zero-order chi connectivity index (χ0) is 16.3. The van der Waals surface area contributed by atoms with Gasteiger partial charge in [0.1, 0.15) is 0 Å². The van der Waals surface area contributed by atoms with Crippen molar-refractivity contribution >= 4 is 5.91 Å². The number of H-pyrrole nitrogens is 1. The fourth-order valence-corrected chi connectivity index (χ4v) is 4.09. The van der Waals surface area contributed by atoms with E-state index in [1.807, 2.05) is 7.05 Å². The topological polar surface area (TPSA) is 73.1 Å². The Kier molecular flexibility index (Phi) is 5.02. The average Bonchev–Trinajstić information content (AvgIpc) is 3.14. The number of carbonyl (C=O) groups is 1. The first-order chi connectivity index (χ1) is 11.1. The maximum absolute atomic E-state index is 11.5. The number of hydrogen-bond acceptors (Lipinski definition) is 4. The number of hydrogen-bond donors (Lipinski definition) is 3. The monoisotopic (exact) mass is 319 g/mol. The molecule has 1 saturated heterocycles. The van der Waals surface area contributed by atoms with Gasteiger partial charge in [-0.1, -0.05) is 0 Å². The summed E-state index contributed by atoms with van der Waals surface area (Å²) in [5.74, 6) is 0.769. The van der Waals surface area contributed by atoms with Gasteiger partial charge in [0, 0.05) is 50.3 Å². The standard InChI is InChI=1S/C17H29N5O/c1-18-7-8-22(2)11-14-10-20-21-16(14)13-3-5-17(6-4-13)9-15(23)19-12-17/h10,13,18H,3-9,11-12H2,1-2H3,(H,19,23)(H,20,21). The molecule has 1 aliphatic carbocycles. The summed E-state index contributed by atoms with van der Waals surface area (Å²) >= 11 is 0. The van der Waals surface area contributed by atoms with Crippen molar-refractivity contribution in [2.45, 2.75) is 44.6 Å². The Morgan fingerprint density at radius 2 is 2.22 bits per heavy atom. The van der Waals surface area contributed by atoms with Crippen LogP contribution in [0.15, 0.2) is 6.20 Å². The van der Waals surface area contributed by atoms with Crippen LogP contribution in [-0.4, -0.2) is 54.7 Å². The molecule has 1 aliphatic heterocycles. The van der Waals surface area contributed by atoms with E-state index < -0.39 is 0 Å². The first-order valence-electron chi connectivity index (χ1n) is 8.74. The van der Waals surface area contributed by atoms with Crippen molar-refractivity contribution in [2.75, 3.05) is 33.7 Å². The minimum Gasteiger partial charge on any atom is -0.356 e. The molecule has 1 aromatic rings. The summed E-state index contributed by atoms with van der Waals surface area (Å²) in [6, 6.07) is 0. The molecule has 0 aromatic carbocycles. The minimum atomic E-state index is 0.230. The van der Waals surface area contributed by atoms with E-state index in [0.717, 1.165) is 58.3 Å². The van der Waals surface area contributed by atoms with Crippen LogP contribution in [0.4, 0.5) is 0 Å². The van der Waals surface area contributed by atoms with Crippen LogP contribution in [0, 0.1) is 5.41 Å². The lowest BCUT2D eigenvalue weighted by atomic mass is 9.69. The normalized spacial score (nSPS) is 27.8. The van der Waals surface area contributed by atoms with Crippen LogP contribution >= 0.6 is 0 Å². The molecule has 128 valence electrons. The van der Waals surface area contributed by atoms with Crippen molar-refractivity contribution in [1.29, 1.82) is 0 Å². The van der Waals surface area contributed by atoms with Crippen molar-refractivity contribution in [3.05, 3.63) is 17.5 Å². The number of amides is 1. The van der Waals surface area contributed by atoms with Crippen molar-refractivity contribution < 1.29 is 4.79 Å². The zero-order valence-corrected chi connectivity index (χ0v) is 14.3. The summed E-state index contributed by atoms with van der Waals surface area (Å²) in [7, 11) is 4.14. The number of nitrogens with one attached hydrogen (secondary N) is 3. The van der Waals surface area contributed by atoms with Crippen LogP contribution in [0.1, 0.15) is 49.3 Å². The van der Waals surface area contributed by atoms with E-state index in [0.29, 0.717) is 5.92 Å². The van der Waals surface area contributed by atoms with Gasteiger partial charge in [0.05, 0.1) is 5.69 Å². The first kappa shape index (κ1) is 16.5. The van der Waals surface area contributed by atoms with Crippen LogP contribution in [0.2, 0.25) is 0 Å². The molecular weight excluding hydrogens is 290 g/mol. The van der Waals surface area contributed by atoms with Gasteiger partial charge in [-0.3, -0.25) is 9.89 Å². The molecule has 2 heterocycles. The van der Waals surface area contributed by atoms with Crippen molar-refractivity contribution in [3.63, 3.8) is 0 Å². The van der Waals surface area contributed by atoms with Crippen LogP contribution in [-0.2, 0) is 11.3 Å². The van der Waals surface area contributed by atoms with Gasteiger partial charge < -0.3 is 15.5 Å². The van der Waals surface area contributed by atoms with E-state index in [2.05, 4.69) is 39.0 Å². The van der Waals surface area contributed by atoms with Crippen LogP contribution < -0.4 is 10.6 Å². The first-order valence-corrected chi connectivity index (χ1v) is 8.74. The minimum absolute atomic E-state index is 0.230. The lowest BCUT2D eigenvalue weighted by molar-refractivity contribution is -0.119. The molecule has 0 bridgehead atoms. The fourth-order valence-electron chi connectivity index (χ4n) is 4.09. The number of aromatic amines is 1. The molecule has 1 spiro atoms. The number of carbonyl (C=O) groups excluding carboxylic acids is 1. The second-order valence-corrected chi connectivity index (χ2v) is 7.36. The lowest BCUT2D eigenvalue weighted by Gasteiger charge is -2.35. The summed E-state index contributed by atoms with van der Waals surface area (Å²) < 4.78 is 0. The zero-order valence-electron chi connectivity index (χ0n) is 14.3. The molecule has 6 nitrogen and oxygen atoms in total. The highest BCUT2D eigenvalue weighted by Gasteiger charge is 2.42. The number of rotatable bonds is 6. The van der Waals surface area contributed by atoms with Gasteiger partial charge >= 0.3 is 0 Å². The van der Waals surface area contributed by atoms with E-state index in [9.17, 15) is 4.79 Å².